The number of nitrogens with zero attached hydrogens (tertiary/aromatic N) is 2. The second kappa shape index (κ2) is 6.52. The van der Waals surface area contributed by atoms with Crippen LogP contribution in [-0.4, -0.2) is 41.1 Å². The van der Waals surface area contributed by atoms with Gasteiger partial charge in [0.05, 0.1) is 0 Å². The first-order chi connectivity index (χ1) is 9.22. The molecule has 19 heavy (non-hydrogen) atoms. The van der Waals surface area contributed by atoms with E-state index in [0.717, 1.165) is 32.5 Å². The van der Waals surface area contributed by atoms with E-state index in [4.69, 9.17) is 0 Å². The van der Waals surface area contributed by atoms with Gasteiger partial charge in [0.1, 0.15) is 6.54 Å². The maximum Gasteiger partial charge on any atom is 0.250 e. The number of carbonyl (C=O) groups is 1. The zero-order chi connectivity index (χ0) is 13.7. The van der Waals surface area contributed by atoms with Crippen LogP contribution in [0.4, 0.5) is 0 Å². The molecular formula is C14H21N3O2. The monoisotopic (exact) mass is 263 g/mol. The molecule has 1 aromatic rings. The van der Waals surface area contributed by atoms with Crippen molar-refractivity contribution >= 4 is 5.91 Å². The molecule has 0 aromatic carbocycles. The lowest BCUT2D eigenvalue weighted by Gasteiger charge is -2.28. The molecule has 104 valence electrons. The van der Waals surface area contributed by atoms with Crippen molar-refractivity contribution in [1.82, 2.24) is 14.8 Å². The van der Waals surface area contributed by atoms with Crippen LogP contribution >= 0.6 is 0 Å². The number of hydrogen-bond donors (Lipinski definition) is 1. The van der Waals surface area contributed by atoms with Crippen LogP contribution in [0.1, 0.15) is 19.8 Å². The van der Waals surface area contributed by atoms with Crippen molar-refractivity contribution in [3.05, 3.63) is 34.7 Å². The summed E-state index contributed by atoms with van der Waals surface area (Å²) in [7, 11) is 0. The highest BCUT2D eigenvalue weighted by Crippen LogP contribution is 2.10. The average molecular weight is 263 g/mol. The Morgan fingerprint density at radius 3 is 3.00 bits per heavy atom. The minimum absolute atomic E-state index is 0.0313. The van der Waals surface area contributed by atoms with E-state index in [1.807, 2.05) is 4.90 Å². The van der Waals surface area contributed by atoms with Gasteiger partial charge in [-0.15, -0.1) is 0 Å². The van der Waals surface area contributed by atoms with Crippen LogP contribution in [0.5, 0.6) is 0 Å². The second-order valence-corrected chi connectivity index (χ2v) is 4.90. The lowest BCUT2D eigenvalue weighted by Crippen LogP contribution is -2.44. The van der Waals surface area contributed by atoms with Crippen LogP contribution in [-0.2, 0) is 11.3 Å². The summed E-state index contributed by atoms with van der Waals surface area (Å²) in [5.74, 6) is 0.0313. The van der Waals surface area contributed by atoms with Gasteiger partial charge in [-0.3, -0.25) is 9.59 Å². The van der Waals surface area contributed by atoms with Crippen molar-refractivity contribution in [3.63, 3.8) is 0 Å². The van der Waals surface area contributed by atoms with Gasteiger partial charge in [0.25, 0.3) is 5.56 Å². The molecule has 1 aliphatic heterocycles. The van der Waals surface area contributed by atoms with Gasteiger partial charge in [-0.2, -0.15) is 0 Å². The first-order valence-corrected chi connectivity index (χ1v) is 6.88. The van der Waals surface area contributed by atoms with E-state index in [1.165, 1.54) is 10.6 Å². The first kappa shape index (κ1) is 13.8. The Morgan fingerprint density at radius 1 is 1.53 bits per heavy atom. The number of amides is 1. The van der Waals surface area contributed by atoms with Gasteiger partial charge in [0.2, 0.25) is 5.91 Å². The molecule has 2 rings (SSSR count). The molecule has 0 spiro atoms. The van der Waals surface area contributed by atoms with Crippen molar-refractivity contribution < 1.29 is 4.79 Å². The fourth-order valence-electron chi connectivity index (χ4n) is 2.49. The summed E-state index contributed by atoms with van der Waals surface area (Å²) in [5, 5.41) is 3.28. The highest BCUT2D eigenvalue weighted by molar-refractivity contribution is 5.76. The van der Waals surface area contributed by atoms with Crippen LogP contribution in [0, 0.1) is 0 Å². The summed E-state index contributed by atoms with van der Waals surface area (Å²) in [4.78, 5) is 25.9. The average Bonchev–Trinajstić information content (AvgIpc) is 2.92. The molecule has 1 atom stereocenters. The van der Waals surface area contributed by atoms with Crippen LogP contribution in [0.15, 0.2) is 29.2 Å². The minimum Gasteiger partial charge on any atom is -0.337 e. The molecule has 0 radical (unpaired) electrons. The molecule has 5 heteroatoms. The highest BCUT2D eigenvalue weighted by atomic mass is 16.2. The van der Waals surface area contributed by atoms with Crippen molar-refractivity contribution in [1.29, 1.82) is 0 Å². The van der Waals surface area contributed by atoms with Crippen molar-refractivity contribution in [2.45, 2.75) is 32.4 Å². The Morgan fingerprint density at radius 2 is 2.37 bits per heavy atom. The van der Waals surface area contributed by atoms with Crippen LogP contribution in [0.25, 0.3) is 0 Å². The highest BCUT2D eigenvalue weighted by Gasteiger charge is 2.25. The predicted molar refractivity (Wildman–Crippen MR) is 74.0 cm³/mol. The standard InChI is InChI=1S/C14H21N3O2/c1-2-8-17(12-6-7-15-10-12)14(19)11-16-9-4-3-5-13(16)18/h3-5,9,12,15H,2,6-8,10-11H2,1H3. The fourth-order valence-corrected chi connectivity index (χ4v) is 2.49. The number of pyridine rings is 1. The van der Waals surface area contributed by atoms with Crippen molar-refractivity contribution in [2.24, 2.45) is 0 Å². The van der Waals surface area contributed by atoms with E-state index < -0.39 is 0 Å². The molecule has 1 unspecified atom stereocenters. The molecule has 5 nitrogen and oxygen atoms in total. The van der Waals surface area contributed by atoms with Crippen LogP contribution in [0.2, 0.25) is 0 Å². The van der Waals surface area contributed by atoms with Crippen LogP contribution in [0.3, 0.4) is 0 Å². The van der Waals surface area contributed by atoms with Crippen molar-refractivity contribution in [3.8, 4) is 0 Å². The van der Waals surface area contributed by atoms with Gasteiger partial charge in [0, 0.05) is 31.4 Å². The van der Waals surface area contributed by atoms with E-state index in [1.54, 1.807) is 18.3 Å². The molecule has 1 aliphatic rings. The lowest BCUT2D eigenvalue weighted by molar-refractivity contribution is -0.133. The van der Waals surface area contributed by atoms with E-state index in [2.05, 4.69) is 12.2 Å². The molecule has 0 bridgehead atoms. The Labute approximate surface area is 113 Å². The van der Waals surface area contributed by atoms with E-state index in [0.29, 0.717) is 0 Å². The van der Waals surface area contributed by atoms with Gasteiger partial charge in [0.15, 0.2) is 0 Å². The number of rotatable bonds is 5. The fraction of sp³-hybridized carbons (Fsp3) is 0.571. The summed E-state index contributed by atoms with van der Waals surface area (Å²) in [5.41, 5.74) is -0.128. The van der Waals surface area contributed by atoms with Crippen molar-refractivity contribution in [2.75, 3.05) is 19.6 Å². The lowest BCUT2D eigenvalue weighted by atomic mass is 10.2. The summed E-state index contributed by atoms with van der Waals surface area (Å²) >= 11 is 0. The molecule has 1 fully saturated rings. The summed E-state index contributed by atoms with van der Waals surface area (Å²) < 4.78 is 1.47. The molecular weight excluding hydrogens is 242 g/mol. The molecule has 0 aliphatic carbocycles. The Bertz CT molecular complexity index is 478. The second-order valence-electron chi connectivity index (χ2n) is 4.90. The third kappa shape index (κ3) is 3.44. The van der Waals surface area contributed by atoms with Gasteiger partial charge >= 0.3 is 0 Å². The molecule has 1 aromatic heterocycles. The number of carbonyl (C=O) groups excluding carboxylic acids is 1. The maximum absolute atomic E-state index is 12.4. The molecule has 1 N–H and O–H groups in total. The number of aromatic nitrogens is 1. The summed E-state index contributed by atoms with van der Waals surface area (Å²) in [6, 6.07) is 5.21. The summed E-state index contributed by atoms with van der Waals surface area (Å²) in [6.07, 6.45) is 3.60. The number of nitrogens with one attached hydrogen (secondary N) is 1. The maximum atomic E-state index is 12.4. The SMILES string of the molecule is CCCN(C(=O)Cn1ccccc1=O)C1CCNC1. The zero-order valence-corrected chi connectivity index (χ0v) is 11.3. The summed E-state index contributed by atoms with van der Waals surface area (Å²) in [6.45, 7) is 4.78. The molecule has 2 heterocycles. The predicted octanol–water partition coefficient (Wildman–Crippen LogP) is 0.449. The molecule has 1 saturated heterocycles. The molecule has 1 amide bonds. The smallest absolute Gasteiger partial charge is 0.250 e. The third-order valence-electron chi connectivity index (χ3n) is 3.46. The van der Waals surface area contributed by atoms with Gasteiger partial charge < -0.3 is 14.8 Å². The van der Waals surface area contributed by atoms with E-state index in [-0.39, 0.29) is 24.1 Å². The Kier molecular flexibility index (Phi) is 4.74. The van der Waals surface area contributed by atoms with Gasteiger partial charge in [-0.05, 0) is 25.5 Å². The Hall–Kier alpha value is -1.62. The van der Waals surface area contributed by atoms with Gasteiger partial charge in [-0.1, -0.05) is 13.0 Å². The normalized spacial score (nSPS) is 18.5. The minimum atomic E-state index is -0.128. The number of hydrogen-bond acceptors (Lipinski definition) is 3. The zero-order valence-electron chi connectivity index (χ0n) is 11.3. The van der Waals surface area contributed by atoms with Crippen LogP contribution < -0.4 is 10.9 Å². The van der Waals surface area contributed by atoms with E-state index in [9.17, 15) is 9.59 Å². The largest absolute Gasteiger partial charge is 0.337 e. The topological polar surface area (TPSA) is 54.3 Å². The Balaban J connectivity index is 2.07. The molecule has 0 saturated carbocycles. The van der Waals surface area contributed by atoms with E-state index >= 15 is 0 Å². The quantitative estimate of drug-likeness (QED) is 0.839. The first-order valence-electron chi connectivity index (χ1n) is 6.88. The van der Waals surface area contributed by atoms with Gasteiger partial charge in [-0.25, -0.2) is 0 Å². The third-order valence-corrected chi connectivity index (χ3v) is 3.46.